The highest BCUT2D eigenvalue weighted by Gasteiger charge is 2.32. The molecule has 0 spiro atoms. The van der Waals surface area contributed by atoms with E-state index >= 15 is 0 Å². The molecule has 2 aliphatic heterocycles. The molecule has 10 heteroatoms. The number of amides is 3. The molecule has 3 amide bonds. The van der Waals surface area contributed by atoms with Gasteiger partial charge in [0.1, 0.15) is 5.82 Å². The first-order valence-electron chi connectivity index (χ1n) is 13.1. The van der Waals surface area contributed by atoms with Crippen LogP contribution in [0.15, 0.2) is 24.3 Å². The third kappa shape index (κ3) is 8.90. The minimum atomic E-state index is -0.537. The van der Waals surface area contributed by atoms with E-state index in [0.717, 1.165) is 45.3 Å². The molecule has 2 fully saturated rings. The van der Waals surface area contributed by atoms with Crippen LogP contribution in [0.3, 0.4) is 0 Å². The van der Waals surface area contributed by atoms with E-state index in [4.69, 9.17) is 15.3 Å². The Bertz CT molecular complexity index is 821. The van der Waals surface area contributed by atoms with E-state index in [1.807, 2.05) is 6.07 Å². The number of piperidine rings is 1. The van der Waals surface area contributed by atoms with E-state index in [-0.39, 0.29) is 30.9 Å². The van der Waals surface area contributed by atoms with Crippen molar-refractivity contribution in [2.75, 3.05) is 53.1 Å². The van der Waals surface area contributed by atoms with Gasteiger partial charge in [0.25, 0.3) is 0 Å². The number of carbonyl (C=O) groups excluding carboxylic acids is 2. The van der Waals surface area contributed by atoms with Crippen LogP contribution in [0.4, 0.5) is 14.0 Å². The Morgan fingerprint density at radius 2 is 2.17 bits per heavy atom. The average Bonchev–Trinajstić information content (AvgIpc) is 3.17. The molecule has 0 radical (unpaired) electrons. The van der Waals surface area contributed by atoms with Crippen molar-refractivity contribution in [2.45, 2.75) is 51.0 Å². The zero-order valence-electron chi connectivity index (χ0n) is 21.3. The SMILES string of the molecule is COC(=O)NCCOC(c1cccc(F)c1)C1CCCN(C(=O)N(N)CCCC2CCCCOC2)C1. The van der Waals surface area contributed by atoms with Crippen LogP contribution >= 0.6 is 0 Å². The van der Waals surface area contributed by atoms with Crippen molar-refractivity contribution in [2.24, 2.45) is 17.7 Å². The Morgan fingerprint density at radius 1 is 1.31 bits per heavy atom. The lowest BCUT2D eigenvalue weighted by molar-refractivity contribution is -0.0108. The van der Waals surface area contributed by atoms with Gasteiger partial charge in [-0.2, -0.15) is 0 Å². The molecule has 2 saturated heterocycles. The number of halogens is 1. The van der Waals surface area contributed by atoms with Crippen molar-refractivity contribution >= 4 is 12.1 Å². The summed E-state index contributed by atoms with van der Waals surface area (Å²) in [6.45, 7) is 3.72. The fourth-order valence-corrected chi connectivity index (χ4v) is 5.06. The highest BCUT2D eigenvalue weighted by atomic mass is 19.1. The second kappa shape index (κ2) is 15.0. The number of hydrogen-bond donors (Lipinski definition) is 2. The summed E-state index contributed by atoms with van der Waals surface area (Å²) in [5.41, 5.74) is 0.711. The summed E-state index contributed by atoms with van der Waals surface area (Å²) >= 11 is 0. The molecular weight excluding hydrogens is 467 g/mol. The van der Waals surface area contributed by atoms with Gasteiger partial charge in [-0.25, -0.2) is 19.8 Å². The lowest BCUT2D eigenvalue weighted by Gasteiger charge is -2.38. The summed E-state index contributed by atoms with van der Waals surface area (Å²) in [6.07, 6.45) is 6.01. The molecule has 36 heavy (non-hydrogen) atoms. The number of methoxy groups -OCH3 is 1. The second-order valence-corrected chi connectivity index (χ2v) is 9.67. The fraction of sp³-hybridized carbons (Fsp3) is 0.692. The van der Waals surface area contributed by atoms with Crippen LogP contribution in [0.5, 0.6) is 0 Å². The van der Waals surface area contributed by atoms with E-state index in [1.165, 1.54) is 37.1 Å². The van der Waals surface area contributed by atoms with E-state index in [0.29, 0.717) is 31.1 Å². The Hall–Kier alpha value is -2.43. The maximum absolute atomic E-state index is 14.0. The molecule has 2 aliphatic rings. The van der Waals surface area contributed by atoms with Gasteiger partial charge in [-0.05, 0) is 62.1 Å². The van der Waals surface area contributed by atoms with E-state index in [1.54, 1.807) is 11.0 Å². The topological polar surface area (TPSA) is 106 Å². The minimum absolute atomic E-state index is 0.0286. The van der Waals surface area contributed by atoms with E-state index in [9.17, 15) is 14.0 Å². The molecular formula is C26H41FN4O5. The molecule has 0 aromatic heterocycles. The first-order valence-corrected chi connectivity index (χ1v) is 13.1. The fourth-order valence-electron chi connectivity index (χ4n) is 5.06. The molecule has 0 saturated carbocycles. The summed E-state index contributed by atoms with van der Waals surface area (Å²) in [5, 5.41) is 3.90. The van der Waals surface area contributed by atoms with Gasteiger partial charge in [-0.15, -0.1) is 0 Å². The van der Waals surface area contributed by atoms with Crippen LogP contribution in [-0.2, 0) is 14.2 Å². The predicted octanol–water partition coefficient (Wildman–Crippen LogP) is 3.84. The van der Waals surface area contributed by atoms with Crippen molar-refractivity contribution in [1.29, 1.82) is 0 Å². The largest absolute Gasteiger partial charge is 0.453 e. The Morgan fingerprint density at radius 3 is 2.97 bits per heavy atom. The molecule has 0 aliphatic carbocycles. The third-order valence-electron chi connectivity index (χ3n) is 6.95. The summed E-state index contributed by atoms with van der Waals surface area (Å²) in [6, 6.07) is 6.15. The van der Waals surface area contributed by atoms with Crippen LogP contribution in [-0.4, -0.2) is 75.1 Å². The highest BCUT2D eigenvalue weighted by molar-refractivity contribution is 5.73. The quantitative estimate of drug-likeness (QED) is 0.215. The number of nitrogens with two attached hydrogens (primary N) is 1. The van der Waals surface area contributed by atoms with Crippen LogP contribution < -0.4 is 11.2 Å². The molecule has 202 valence electrons. The Kier molecular flexibility index (Phi) is 11.7. The summed E-state index contributed by atoms with van der Waals surface area (Å²) < 4.78 is 30.4. The standard InChI is InChI=1S/C26H41FN4O5/c1-34-25(32)29-12-16-36-24(21-9-4-11-23(27)17-21)22-10-6-13-30(18-22)26(33)31(28)14-5-8-20-7-2-3-15-35-19-20/h4,9,11,17,20,22,24H,2-3,5-8,10,12-16,18-19,28H2,1H3,(H,29,32). The summed E-state index contributed by atoms with van der Waals surface area (Å²) in [4.78, 5) is 26.2. The zero-order valence-corrected chi connectivity index (χ0v) is 21.3. The van der Waals surface area contributed by atoms with Crippen LogP contribution in [0, 0.1) is 17.7 Å². The number of urea groups is 1. The number of nitrogens with one attached hydrogen (secondary N) is 1. The Labute approximate surface area is 213 Å². The van der Waals surface area contributed by atoms with Gasteiger partial charge in [-0.1, -0.05) is 18.6 Å². The van der Waals surface area contributed by atoms with Crippen LogP contribution in [0.2, 0.25) is 0 Å². The normalized spacial score (nSPS) is 21.4. The number of benzene rings is 1. The second-order valence-electron chi connectivity index (χ2n) is 9.67. The molecule has 9 nitrogen and oxygen atoms in total. The van der Waals surface area contributed by atoms with E-state index in [2.05, 4.69) is 10.1 Å². The highest BCUT2D eigenvalue weighted by Crippen LogP contribution is 2.33. The number of rotatable bonds is 10. The van der Waals surface area contributed by atoms with Crippen molar-refractivity contribution in [3.05, 3.63) is 35.6 Å². The van der Waals surface area contributed by atoms with Gasteiger partial charge in [0, 0.05) is 45.3 Å². The molecule has 3 N–H and O–H groups in total. The first-order chi connectivity index (χ1) is 17.5. The monoisotopic (exact) mass is 508 g/mol. The molecule has 1 aromatic rings. The van der Waals surface area contributed by atoms with Gasteiger partial charge < -0.3 is 24.4 Å². The number of carbonyl (C=O) groups is 2. The predicted molar refractivity (Wildman–Crippen MR) is 133 cm³/mol. The maximum atomic E-state index is 14.0. The van der Waals surface area contributed by atoms with Gasteiger partial charge in [-0.3, -0.25) is 5.01 Å². The summed E-state index contributed by atoms with van der Waals surface area (Å²) in [7, 11) is 1.30. The van der Waals surface area contributed by atoms with Crippen molar-refractivity contribution < 1.29 is 28.2 Å². The number of hydrogen-bond acceptors (Lipinski definition) is 6. The average molecular weight is 509 g/mol. The van der Waals surface area contributed by atoms with Crippen molar-refractivity contribution in [3.8, 4) is 0 Å². The van der Waals surface area contributed by atoms with Crippen LogP contribution in [0.1, 0.15) is 56.6 Å². The molecule has 3 rings (SSSR count). The minimum Gasteiger partial charge on any atom is -0.453 e. The smallest absolute Gasteiger partial charge is 0.406 e. The number of alkyl carbamates (subject to hydrolysis) is 1. The number of hydrazine groups is 1. The molecule has 3 atom stereocenters. The molecule has 1 aromatic carbocycles. The lowest BCUT2D eigenvalue weighted by atomic mass is 9.88. The van der Waals surface area contributed by atoms with Crippen molar-refractivity contribution in [1.82, 2.24) is 15.2 Å². The number of likely N-dealkylation sites (tertiary alicyclic amines) is 1. The van der Waals surface area contributed by atoms with Gasteiger partial charge in [0.2, 0.25) is 0 Å². The van der Waals surface area contributed by atoms with Crippen molar-refractivity contribution in [3.63, 3.8) is 0 Å². The van der Waals surface area contributed by atoms with Gasteiger partial charge in [0.15, 0.2) is 0 Å². The maximum Gasteiger partial charge on any atom is 0.406 e. The molecule has 3 unspecified atom stereocenters. The lowest BCUT2D eigenvalue weighted by Crippen LogP contribution is -2.51. The number of ether oxygens (including phenoxy) is 3. The van der Waals surface area contributed by atoms with Crippen LogP contribution in [0.25, 0.3) is 0 Å². The van der Waals surface area contributed by atoms with E-state index < -0.39 is 12.2 Å². The zero-order chi connectivity index (χ0) is 25.8. The first kappa shape index (κ1) is 28.1. The summed E-state index contributed by atoms with van der Waals surface area (Å²) in [5.74, 6) is 6.33. The number of nitrogens with zero attached hydrogens (tertiary/aromatic N) is 2. The molecule has 2 heterocycles. The molecule has 0 bridgehead atoms. The van der Waals surface area contributed by atoms with Gasteiger partial charge >= 0.3 is 12.1 Å². The van der Waals surface area contributed by atoms with Gasteiger partial charge in [0.05, 0.1) is 19.8 Å². The third-order valence-corrected chi connectivity index (χ3v) is 6.95. The Balaban J connectivity index is 1.55.